The Hall–Kier alpha value is -1.59. The maximum atomic E-state index is 12.2. The normalized spacial score (nSPS) is 21.2. The number of hydrogen-bond donors (Lipinski definition) is 1. The molecule has 6 heteroatoms. The minimum Gasteiger partial charge on any atom is -0.460 e. The van der Waals surface area contributed by atoms with Crippen molar-refractivity contribution in [3.05, 3.63) is 34.9 Å². The summed E-state index contributed by atoms with van der Waals surface area (Å²) in [7, 11) is 2.05. The molecule has 1 saturated heterocycles. The van der Waals surface area contributed by atoms with Crippen molar-refractivity contribution in [3.63, 3.8) is 0 Å². The third-order valence-corrected chi connectivity index (χ3v) is 4.43. The number of hydrogen-bond acceptors (Lipinski definition) is 4. The summed E-state index contributed by atoms with van der Waals surface area (Å²) in [6, 6.07) is 7.86. The standard InChI is InChI=1S/C19H27ClN2O3/c1-19(2,3)25-17(24)10-9-16(23)21-15-11-12-22(4)18(15)13-5-7-14(20)8-6-13/h5-8,15,18H,9-12H2,1-4H3,(H,21,23)/t15-,18+/m1/s1. The number of likely N-dealkylation sites (tertiary alicyclic amines) is 1. The lowest BCUT2D eigenvalue weighted by molar-refractivity contribution is -0.155. The number of benzene rings is 1. The second-order valence-electron chi connectivity index (χ2n) is 7.53. The van der Waals surface area contributed by atoms with Crippen LogP contribution in [-0.2, 0) is 14.3 Å². The maximum Gasteiger partial charge on any atom is 0.306 e. The van der Waals surface area contributed by atoms with Gasteiger partial charge in [-0.1, -0.05) is 23.7 Å². The van der Waals surface area contributed by atoms with Gasteiger partial charge in [0.05, 0.1) is 12.5 Å². The first-order valence-electron chi connectivity index (χ1n) is 8.62. The molecule has 0 bridgehead atoms. The molecule has 1 aromatic rings. The summed E-state index contributed by atoms with van der Waals surface area (Å²) < 4.78 is 5.24. The van der Waals surface area contributed by atoms with Gasteiger partial charge in [-0.05, 0) is 51.9 Å². The molecule has 0 aromatic heterocycles. The fourth-order valence-electron chi connectivity index (χ4n) is 3.13. The second-order valence-corrected chi connectivity index (χ2v) is 7.96. The molecule has 25 heavy (non-hydrogen) atoms. The van der Waals surface area contributed by atoms with E-state index in [4.69, 9.17) is 16.3 Å². The number of halogens is 1. The number of nitrogens with zero attached hydrogens (tertiary/aromatic N) is 1. The van der Waals surface area contributed by atoms with E-state index in [1.165, 1.54) is 0 Å². The fourth-order valence-corrected chi connectivity index (χ4v) is 3.26. The van der Waals surface area contributed by atoms with Gasteiger partial charge >= 0.3 is 5.97 Å². The Morgan fingerprint density at radius 1 is 1.24 bits per heavy atom. The fraction of sp³-hybridized carbons (Fsp3) is 0.579. The number of carbonyl (C=O) groups excluding carboxylic acids is 2. The summed E-state index contributed by atoms with van der Waals surface area (Å²) in [5.41, 5.74) is 0.600. The van der Waals surface area contributed by atoms with Crippen LogP contribution in [0.15, 0.2) is 24.3 Å². The van der Waals surface area contributed by atoms with Gasteiger partial charge < -0.3 is 10.1 Å². The second kappa shape index (κ2) is 8.19. The van der Waals surface area contributed by atoms with Crippen LogP contribution in [0.5, 0.6) is 0 Å². The molecule has 138 valence electrons. The van der Waals surface area contributed by atoms with Crippen LogP contribution in [0.1, 0.15) is 51.6 Å². The Balaban J connectivity index is 1.90. The first-order chi connectivity index (χ1) is 11.7. The van der Waals surface area contributed by atoms with Gasteiger partial charge in [0.2, 0.25) is 5.91 Å². The summed E-state index contributed by atoms with van der Waals surface area (Å²) in [6.07, 6.45) is 1.11. The summed E-state index contributed by atoms with van der Waals surface area (Å²) in [5, 5.41) is 3.77. The van der Waals surface area contributed by atoms with Crippen LogP contribution in [0.2, 0.25) is 5.02 Å². The van der Waals surface area contributed by atoms with Crippen molar-refractivity contribution in [2.75, 3.05) is 13.6 Å². The molecule has 1 amide bonds. The zero-order chi connectivity index (χ0) is 18.6. The molecule has 0 unspecified atom stereocenters. The van der Waals surface area contributed by atoms with E-state index in [-0.39, 0.29) is 36.8 Å². The molecular formula is C19H27ClN2O3. The monoisotopic (exact) mass is 366 g/mol. The zero-order valence-electron chi connectivity index (χ0n) is 15.3. The molecule has 0 spiro atoms. The maximum absolute atomic E-state index is 12.2. The van der Waals surface area contributed by atoms with E-state index in [0.717, 1.165) is 18.5 Å². The summed E-state index contributed by atoms with van der Waals surface area (Å²) >= 11 is 5.96. The smallest absolute Gasteiger partial charge is 0.306 e. The van der Waals surface area contributed by atoms with Crippen molar-refractivity contribution >= 4 is 23.5 Å². The topological polar surface area (TPSA) is 58.6 Å². The number of esters is 1. The minimum absolute atomic E-state index is 0.0253. The van der Waals surface area contributed by atoms with Gasteiger partial charge in [-0.15, -0.1) is 0 Å². The van der Waals surface area contributed by atoms with Crippen molar-refractivity contribution in [3.8, 4) is 0 Å². The Bertz CT molecular complexity index is 610. The predicted molar refractivity (Wildman–Crippen MR) is 98.4 cm³/mol. The minimum atomic E-state index is -0.526. The highest BCUT2D eigenvalue weighted by Gasteiger charge is 2.34. The van der Waals surface area contributed by atoms with Gasteiger partial charge in [0.25, 0.3) is 0 Å². The molecular weight excluding hydrogens is 340 g/mol. The molecule has 2 rings (SSSR count). The highest BCUT2D eigenvalue weighted by Crippen LogP contribution is 2.31. The van der Waals surface area contributed by atoms with E-state index >= 15 is 0 Å². The molecule has 1 aliphatic heterocycles. The molecule has 0 aliphatic carbocycles. The van der Waals surface area contributed by atoms with Crippen LogP contribution in [0.3, 0.4) is 0 Å². The van der Waals surface area contributed by atoms with Crippen molar-refractivity contribution in [1.82, 2.24) is 10.2 Å². The van der Waals surface area contributed by atoms with Gasteiger partial charge in [0.1, 0.15) is 5.60 Å². The number of amides is 1. The number of ether oxygens (including phenoxy) is 1. The Kier molecular flexibility index (Phi) is 6.47. The molecule has 1 aromatic carbocycles. The molecule has 1 fully saturated rings. The molecule has 0 radical (unpaired) electrons. The predicted octanol–water partition coefficient (Wildman–Crippen LogP) is 3.32. The van der Waals surface area contributed by atoms with Crippen LogP contribution >= 0.6 is 11.6 Å². The van der Waals surface area contributed by atoms with Gasteiger partial charge in [-0.2, -0.15) is 0 Å². The van der Waals surface area contributed by atoms with Crippen molar-refractivity contribution in [2.45, 2.75) is 57.7 Å². The van der Waals surface area contributed by atoms with Crippen LogP contribution in [0.4, 0.5) is 0 Å². The Morgan fingerprint density at radius 3 is 2.48 bits per heavy atom. The van der Waals surface area contributed by atoms with Gasteiger partial charge in [0, 0.05) is 24.0 Å². The lowest BCUT2D eigenvalue weighted by Crippen LogP contribution is -2.39. The average molecular weight is 367 g/mol. The van der Waals surface area contributed by atoms with Crippen LogP contribution < -0.4 is 5.32 Å². The number of nitrogens with one attached hydrogen (secondary N) is 1. The SMILES string of the molecule is CN1CC[C@@H](NC(=O)CCC(=O)OC(C)(C)C)[C@@H]1c1ccc(Cl)cc1. The summed E-state index contributed by atoms with van der Waals surface area (Å²) in [4.78, 5) is 26.2. The lowest BCUT2D eigenvalue weighted by atomic mass is 10.00. The van der Waals surface area contributed by atoms with Crippen molar-refractivity contribution in [1.29, 1.82) is 0 Å². The van der Waals surface area contributed by atoms with Crippen molar-refractivity contribution < 1.29 is 14.3 Å². The van der Waals surface area contributed by atoms with Gasteiger partial charge in [0.15, 0.2) is 0 Å². The largest absolute Gasteiger partial charge is 0.460 e. The first-order valence-corrected chi connectivity index (χ1v) is 9.00. The van der Waals surface area contributed by atoms with Crippen molar-refractivity contribution in [2.24, 2.45) is 0 Å². The lowest BCUT2D eigenvalue weighted by Gasteiger charge is -2.26. The van der Waals surface area contributed by atoms with Crippen LogP contribution in [0, 0.1) is 0 Å². The molecule has 1 heterocycles. The van der Waals surface area contributed by atoms with Crippen LogP contribution in [-0.4, -0.2) is 42.0 Å². The number of carbonyl (C=O) groups is 2. The summed E-state index contributed by atoms with van der Waals surface area (Å²) in [5.74, 6) is -0.467. The zero-order valence-corrected chi connectivity index (χ0v) is 16.1. The van der Waals surface area contributed by atoms with E-state index < -0.39 is 5.60 Å². The quantitative estimate of drug-likeness (QED) is 0.812. The first kappa shape index (κ1) is 19.7. The van der Waals surface area contributed by atoms with E-state index in [2.05, 4.69) is 10.2 Å². The molecule has 0 saturated carbocycles. The van der Waals surface area contributed by atoms with E-state index in [0.29, 0.717) is 5.02 Å². The molecule has 5 nitrogen and oxygen atoms in total. The van der Waals surface area contributed by atoms with E-state index in [1.807, 2.05) is 52.1 Å². The Morgan fingerprint density at radius 2 is 1.88 bits per heavy atom. The third kappa shape index (κ3) is 6.01. The molecule has 2 atom stereocenters. The van der Waals surface area contributed by atoms with E-state index in [1.54, 1.807) is 0 Å². The highest BCUT2D eigenvalue weighted by atomic mass is 35.5. The van der Waals surface area contributed by atoms with E-state index in [9.17, 15) is 9.59 Å². The highest BCUT2D eigenvalue weighted by molar-refractivity contribution is 6.30. The Labute approximate surface area is 154 Å². The number of likely N-dealkylation sites (N-methyl/N-ethyl adjacent to an activating group) is 1. The summed E-state index contributed by atoms with van der Waals surface area (Å²) in [6.45, 7) is 6.35. The molecule has 1 aliphatic rings. The third-order valence-electron chi connectivity index (χ3n) is 4.18. The number of rotatable bonds is 5. The average Bonchev–Trinajstić information content (AvgIpc) is 2.85. The van der Waals surface area contributed by atoms with Crippen LogP contribution in [0.25, 0.3) is 0 Å². The van der Waals surface area contributed by atoms with Gasteiger partial charge in [-0.25, -0.2) is 0 Å². The molecule has 1 N–H and O–H groups in total. The van der Waals surface area contributed by atoms with Gasteiger partial charge in [-0.3, -0.25) is 14.5 Å².